The largest absolute Gasteiger partial charge is 0.482 e. The maximum absolute atomic E-state index is 13.6. The second kappa shape index (κ2) is 7.54. The smallest absolute Gasteiger partial charge is 0.306 e. The van der Waals surface area contributed by atoms with E-state index in [9.17, 15) is 14.0 Å². The quantitative estimate of drug-likeness (QED) is 0.650. The molecule has 3 heterocycles. The highest BCUT2D eigenvalue weighted by atomic mass is 19.1. The standard InChI is InChI=1S/C23H20FN3O4/c1-13-22(15-4-8-19-18(10-15)25-20(28)12-30-19)23(14-2-5-16(24)6-3-14)27(26-13)11-17-7-9-21(29)31-17/h2-6,8,10,17H,7,9,11-12H2,1H3,(H,25,28)/t17-/m1/s1. The van der Waals surface area contributed by atoms with Crippen LogP contribution in [0.5, 0.6) is 5.75 Å². The van der Waals surface area contributed by atoms with Crippen LogP contribution >= 0.6 is 0 Å². The highest BCUT2D eigenvalue weighted by Crippen LogP contribution is 2.39. The minimum Gasteiger partial charge on any atom is -0.482 e. The lowest BCUT2D eigenvalue weighted by atomic mass is 9.98. The Morgan fingerprint density at radius 2 is 1.94 bits per heavy atom. The summed E-state index contributed by atoms with van der Waals surface area (Å²) in [4.78, 5) is 23.3. The van der Waals surface area contributed by atoms with E-state index in [-0.39, 0.29) is 30.4 Å². The van der Waals surface area contributed by atoms with Crippen molar-refractivity contribution in [3.05, 3.63) is 54.0 Å². The molecule has 31 heavy (non-hydrogen) atoms. The van der Waals surface area contributed by atoms with Crippen LogP contribution in [0.3, 0.4) is 0 Å². The Balaban J connectivity index is 1.63. The first kappa shape index (κ1) is 19.3. The molecule has 158 valence electrons. The molecule has 5 rings (SSSR count). The molecule has 1 atom stereocenters. The predicted octanol–water partition coefficient (Wildman–Crippen LogP) is 3.70. The molecule has 3 aromatic rings. The molecule has 2 aliphatic rings. The highest BCUT2D eigenvalue weighted by molar-refractivity contribution is 5.97. The number of hydrogen-bond donors (Lipinski definition) is 1. The average molecular weight is 421 g/mol. The van der Waals surface area contributed by atoms with E-state index < -0.39 is 0 Å². The fourth-order valence-electron chi connectivity index (χ4n) is 4.10. The number of aryl methyl sites for hydroxylation is 1. The molecule has 1 saturated heterocycles. The summed E-state index contributed by atoms with van der Waals surface area (Å²) in [5.74, 6) is -0.136. The number of carbonyl (C=O) groups excluding carboxylic acids is 2. The van der Waals surface area contributed by atoms with Crippen LogP contribution in [0.4, 0.5) is 10.1 Å². The van der Waals surface area contributed by atoms with Gasteiger partial charge in [-0.3, -0.25) is 14.3 Å². The number of hydrogen-bond acceptors (Lipinski definition) is 5. The van der Waals surface area contributed by atoms with E-state index in [1.807, 2.05) is 29.8 Å². The fourth-order valence-corrected chi connectivity index (χ4v) is 4.10. The van der Waals surface area contributed by atoms with Gasteiger partial charge in [-0.15, -0.1) is 0 Å². The van der Waals surface area contributed by atoms with Crippen molar-refractivity contribution in [3.8, 4) is 28.1 Å². The van der Waals surface area contributed by atoms with Crippen molar-refractivity contribution in [2.24, 2.45) is 0 Å². The Kier molecular flexibility index (Phi) is 4.69. The molecular formula is C23H20FN3O4. The van der Waals surface area contributed by atoms with Crippen molar-refractivity contribution in [2.75, 3.05) is 11.9 Å². The van der Waals surface area contributed by atoms with Gasteiger partial charge in [-0.1, -0.05) is 6.07 Å². The molecule has 0 bridgehead atoms. The van der Waals surface area contributed by atoms with Crippen LogP contribution in [0.2, 0.25) is 0 Å². The second-order valence-corrected chi connectivity index (χ2v) is 7.70. The van der Waals surface area contributed by atoms with Gasteiger partial charge in [-0.25, -0.2) is 4.39 Å². The van der Waals surface area contributed by atoms with E-state index in [1.54, 1.807) is 12.1 Å². The van der Waals surface area contributed by atoms with Crippen molar-refractivity contribution < 1.29 is 23.5 Å². The molecule has 1 fully saturated rings. The second-order valence-electron chi connectivity index (χ2n) is 7.70. The SMILES string of the molecule is Cc1nn(C[C@H]2CCC(=O)O2)c(-c2ccc(F)cc2)c1-c1ccc2c(c1)NC(=O)CO2. The normalized spacial score (nSPS) is 17.7. The zero-order chi connectivity index (χ0) is 21.5. The molecule has 0 spiro atoms. The third-order valence-corrected chi connectivity index (χ3v) is 5.49. The zero-order valence-corrected chi connectivity index (χ0v) is 16.9. The lowest BCUT2D eigenvalue weighted by molar-refractivity contribution is -0.141. The highest BCUT2D eigenvalue weighted by Gasteiger charge is 2.27. The van der Waals surface area contributed by atoms with Gasteiger partial charge in [0.05, 0.1) is 23.6 Å². The number of aromatic nitrogens is 2. The summed E-state index contributed by atoms with van der Waals surface area (Å²) in [6.07, 6.45) is 0.779. The summed E-state index contributed by atoms with van der Waals surface area (Å²) in [6.45, 7) is 2.29. The van der Waals surface area contributed by atoms with Gasteiger partial charge in [0, 0.05) is 17.5 Å². The summed E-state index contributed by atoms with van der Waals surface area (Å²) >= 11 is 0. The predicted molar refractivity (Wildman–Crippen MR) is 111 cm³/mol. The number of rotatable bonds is 4. The van der Waals surface area contributed by atoms with Crippen molar-refractivity contribution in [1.29, 1.82) is 0 Å². The first-order valence-corrected chi connectivity index (χ1v) is 10.1. The van der Waals surface area contributed by atoms with Gasteiger partial charge in [-0.05, 0) is 55.3 Å². The van der Waals surface area contributed by atoms with Crippen LogP contribution in [0.25, 0.3) is 22.4 Å². The van der Waals surface area contributed by atoms with Crippen molar-refractivity contribution in [2.45, 2.75) is 32.4 Å². The van der Waals surface area contributed by atoms with Crippen LogP contribution in [0.1, 0.15) is 18.5 Å². The minimum atomic E-state index is -0.327. The summed E-state index contributed by atoms with van der Waals surface area (Å²) in [7, 11) is 0. The number of nitrogens with one attached hydrogen (secondary N) is 1. The maximum Gasteiger partial charge on any atom is 0.306 e. The van der Waals surface area contributed by atoms with Crippen molar-refractivity contribution in [3.63, 3.8) is 0 Å². The third kappa shape index (κ3) is 3.65. The Bertz CT molecular complexity index is 1190. The number of amides is 1. The molecule has 2 aromatic carbocycles. The Morgan fingerprint density at radius 1 is 1.16 bits per heavy atom. The number of nitrogens with zero attached hydrogens (tertiary/aromatic N) is 2. The molecule has 1 aromatic heterocycles. The van der Waals surface area contributed by atoms with Gasteiger partial charge in [0.2, 0.25) is 0 Å². The molecule has 1 N–H and O–H groups in total. The number of anilines is 1. The van der Waals surface area contributed by atoms with E-state index in [2.05, 4.69) is 5.32 Å². The lowest BCUT2D eigenvalue weighted by Gasteiger charge is -2.19. The van der Waals surface area contributed by atoms with Crippen LogP contribution < -0.4 is 10.1 Å². The molecule has 2 aliphatic heterocycles. The van der Waals surface area contributed by atoms with Gasteiger partial charge in [0.1, 0.15) is 17.7 Å². The summed E-state index contributed by atoms with van der Waals surface area (Å²) in [6, 6.07) is 11.8. The minimum absolute atomic E-state index is 0.00968. The number of esters is 1. The zero-order valence-electron chi connectivity index (χ0n) is 16.9. The van der Waals surface area contributed by atoms with E-state index in [4.69, 9.17) is 14.6 Å². The summed E-state index contributed by atoms with van der Waals surface area (Å²) in [5, 5.41) is 7.54. The van der Waals surface area contributed by atoms with Gasteiger partial charge in [-0.2, -0.15) is 5.10 Å². The van der Waals surface area contributed by atoms with E-state index in [0.717, 1.165) is 28.1 Å². The van der Waals surface area contributed by atoms with Gasteiger partial charge in [0.25, 0.3) is 5.91 Å². The molecule has 0 saturated carbocycles. The third-order valence-electron chi connectivity index (χ3n) is 5.49. The number of cyclic esters (lactones) is 1. The van der Waals surface area contributed by atoms with Gasteiger partial charge >= 0.3 is 5.97 Å². The fraction of sp³-hybridized carbons (Fsp3) is 0.261. The molecule has 7 nitrogen and oxygen atoms in total. The van der Waals surface area contributed by atoms with Crippen LogP contribution in [0, 0.1) is 12.7 Å². The van der Waals surface area contributed by atoms with Gasteiger partial charge < -0.3 is 14.8 Å². The van der Waals surface area contributed by atoms with Crippen molar-refractivity contribution >= 4 is 17.6 Å². The molecule has 0 radical (unpaired) electrons. The average Bonchev–Trinajstić information content (AvgIpc) is 3.30. The molecule has 1 amide bonds. The first-order valence-electron chi connectivity index (χ1n) is 10.1. The monoisotopic (exact) mass is 421 g/mol. The summed E-state index contributed by atoms with van der Waals surface area (Å²) in [5.41, 5.74) is 4.65. The van der Waals surface area contributed by atoms with Crippen LogP contribution in [0.15, 0.2) is 42.5 Å². The van der Waals surface area contributed by atoms with Crippen molar-refractivity contribution in [1.82, 2.24) is 9.78 Å². The topological polar surface area (TPSA) is 82.5 Å². The van der Waals surface area contributed by atoms with Crippen LogP contribution in [-0.2, 0) is 20.9 Å². The molecule has 8 heteroatoms. The lowest BCUT2D eigenvalue weighted by Crippen LogP contribution is -2.25. The number of benzene rings is 2. The Morgan fingerprint density at radius 3 is 2.68 bits per heavy atom. The molecular weight excluding hydrogens is 401 g/mol. The number of halogens is 1. The first-order chi connectivity index (χ1) is 15.0. The molecule has 0 unspecified atom stereocenters. The Hall–Kier alpha value is -3.68. The van der Waals surface area contributed by atoms with E-state index >= 15 is 0 Å². The van der Waals surface area contributed by atoms with Crippen LogP contribution in [-0.4, -0.2) is 34.4 Å². The summed E-state index contributed by atoms with van der Waals surface area (Å²) < 4.78 is 26.3. The van der Waals surface area contributed by atoms with E-state index in [0.29, 0.717) is 30.8 Å². The molecule has 0 aliphatic carbocycles. The number of carbonyl (C=O) groups is 2. The van der Waals surface area contributed by atoms with Gasteiger partial charge in [0.15, 0.2) is 6.61 Å². The van der Waals surface area contributed by atoms with E-state index in [1.165, 1.54) is 12.1 Å². The number of ether oxygens (including phenoxy) is 2. The Labute approximate surface area is 177 Å². The maximum atomic E-state index is 13.6. The number of fused-ring (bicyclic) bond motifs is 1.